The van der Waals surface area contributed by atoms with Crippen molar-refractivity contribution in [3.05, 3.63) is 53.6 Å². The molecule has 3 N–H and O–H groups in total. The highest BCUT2D eigenvalue weighted by molar-refractivity contribution is 7.92. The summed E-state index contributed by atoms with van der Waals surface area (Å²) in [6.07, 6.45) is 0.331. The summed E-state index contributed by atoms with van der Waals surface area (Å²) in [4.78, 5) is 23.8. The van der Waals surface area contributed by atoms with E-state index in [0.29, 0.717) is 24.3 Å². The van der Waals surface area contributed by atoms with Crippen molar-refractivity contribution in [2.45, 2.75) is 24.3 Å². The number of hydrogen-bond acceptors (Lipinski definition) is 4. The molecule has 0 radical (unpaired) electrons. The van der Waals surface area contributed by atoms with Gasteiger partial charge in [0.15, 0.2) is 0 Å². The number of aryl methyl sites for hydroxylation is 1. The van der Waals surface area contributed by atoms with Gasteiger partial charge in [-0.1, -0.05) is 12.1 Å². The molecule has 1 aliphatic rings. The molecule has 2 aromatic rings. The molecule has 2 aromatic carbocycles. The lowest BCUT2D eigenvalue weighted by Gasteiger charge is -2.26. The zero-order valence-electron chi connectivity index (χ0n) is 14.6. The fourth-order valence-electron chi connectivity index (χ4n) is 2.75. The molecule has 0 aromatic heterocycles. The Balaban J connectivity index is 1.76. The lowest BCUT2D eigenvalue weighted by Crippen LogP contribution is -2.35. The number of benzene rings is 2. The summed E-state index contributed by atoms with van der Waals surface area (Å²) in [7, 11) is -2.13. The minimum absolute atomic E-state index is 0.00947. The van der Waals surface area contributed by atoms with Crippen LogP contribution in [0.15, 0.2) is 47.4 Å². The predicted molar refractivity (Wildman–Crippen MR) is 100 cm³/mol. The quantitative estimate of drug-likeness (QED) is 0.702. The van der Waals surface area contributed by atoms with Gasteiger partial charge in [0.25, 0.3) is 10.0 Å². The van der Waals surface area contributed by atoms with Crippen LogP contribution >= 0.6 is 0 Å². The molecule has 1 heterocycles. The number of hydrogen-bond donors (Lipinski definition) is 3. The lowest BCUT2D eigenvalue weighted by atomic mass is 10.1. The highest BCUT2D eigenvalue weighted by atomic mass is 32.2. The highest BCUT2D eigenvalue weighted by Gasteiger charge is 2.21. The molecule has 2 amide bonds. The third kappa shape index (κ3) is 4.37. The van der Waals surface area contributed by atoms with Gasteiger partial charge in [-0.3, -0.25) is 9.52 Å². The van der Waals surface area contributed by atoms with Crippen LogP contribution in [0.2, 0.25) is 0 Å². The van der Waals surface area contributed by atoms with E-state index in [1.165, 1.54) is 17.0 Å². The van der Waals surface area contributed by atoms with Crippen LogP contribution in [-0.2, 0) is 27.8 Å². The molecule has 142 valence electrons. The van der Waals surface area contributed by atoms with E-state index in [1.54, 1.807) is 37.4 Å². The van der Waals surface area contributed by atoms with Gasteiger partial charge in [0.2, 0.25) is 0 Å². The molecular weight excluding hydrogens is 370 g/mol. The second-order valence-corrected chi connectivity index (χ2v) is 7.98. The van der Waals surface area contributed by atoms with Gasteiger partial charge in [0.1, 0.15) is 0 Å². The summed E-state index contributed by atoms with van der Waals surface area (Å²) in [5.41, 5.74) is 2.61. The minimum atomic E-state index is -3.78. The molecule has 0 bridgehead atoms. The van der Waals surface area contributed by atoms with E-state index in [-0.39, 0.29) is 17.3 Å². The van der Waals surface area contributed by atoms with Gasteiger partial charge in [-0.25, -0.2) is 13.2 Å². The maximum atomic E-state index is 12.6. The Kier molecular flexibility index (Phi) is 5.04. The van der Waals surface area contributed by atoms with Crippen molar-refractivity contribution in [3.63, 3.8) is 0 Å². The van der Waals surface area contributed by atoms with Crippen LogP contribution in [0.25, 0.3) is 0 Å². The molecule has 27 heavy (non-hydrogen) atoms. The average Bonchev–Trinajstić information content (AvgIpc) is 2.61. The number of sulfonamides is 1. The summed E-state index contributed by atoms with van der Waals surface area (Å²) in [5.74, 6) is -0.900. The normalized spacial score (nSPS) is 13.7. The first kappa shape index (κ1) is 18.7. The number of carboxylic acids is 1. The van der Waals surface area contributed by atoms with Gasteiger partial charge < -0.3 is 15.3 Å². The highest BCUT2D eigenvalue weighted by Crippen LogP contribution is 2.27. The molecular formula is C18H19N3O5S. The van der Waals surface area contributed by atoms with Crippen LogP contribution in [0.5, 0.6) is 0 Å². The van der Waals surface area contributed by atoms with E-state index < -0.39 is 16.0 Å². The summed E-state index contributed by atoms with van der Waals surface area (Å²) in [5, 5.41) is 11.4. The van der Waals surface area contributed by atoms with E-state index in [1.807, 2.05) is 0 Å². The maximum Gasteiger partial charge on any atom is 0.321 e. The Morgan fingerprint density at radius 3 is 2.59 bits per heavy atom. The smallest absolute Gasteiger partial charge is 0.321 e. The Morgan fingerprint density at radius 1 is 1.22 bits per heavy atom. The molecule has 9 heteroatoms. The first-order chi connectivity index (χ1) is 12.7. The van der Waals surface area contributed by atoms with Gasteiger partial charge in [-0.05, 0) is 47.9 Å². The summed E-state index contributed by atoms with van der Waals surface area (Å²) >= 11 is 0. The molecule has 0 aliphatic carbocycles. The van der Waals surface area contributed by atoms with Crippen molar-refractivity contribution in [2.24, 2.45) is 0 Å². The second-order valence-electron chi connectivity index (χ2n) is 6.30. The molecule has 8 nitrogen and oxygen atoms in total. The second kappa shape index (κ2) is 7.28. The number of nitrogens with zero attached hydrogens (tertiary/aromatic N) is 1. The molecule has 0 saturated carbocycles. The van der Waals surface area contributed by atoms with Crippen LogP contribution in [-0.4, -0.2) is 37.5 Å². The van der Waals surface area contributed by atoms with Crippen LogP contribution < -0.4 is 10.0 Å². The van der Waals surface area contributed by atoms with Crippen molar-refractivity contribution < 1.29 is 23.1 Å². The number of amides is 2. The van der Waals surface area contributed by atoms with Gasteiger partial charge >= 0.3 is 12.0 Å². The summed E-state index contributed by atoms with van der Waals surface area (Å²) < 4.78 is 27.7. The molecule has 3 rings (SSSR count). The van der Waals surface area contributed by atoms with Gasteiger partial charge in [-0.15, -0.1) is 0 Å². The van der Waals surface area contributed by atoms with Crippen LogP contribution in [0.1, 0.15) is 17.5 Å². The minimum Gasteiger partial charge on any atom is -0.481 e. The molecule has 0 saturated heterocycles. The number of carbonyl (C=O) groups is 2. The fourth-order valence-corrected chi connectivity index (χ4v) is 3.80. The SMILES string of the molecule is CN1Cc2cc(NS(=O)(=O)c3ccc(CCC(=O)O)cc3)ccc2NC1=O. The topological polar surface area (TPSA) is 116 Å². The van der Waals surface area contributed by atoms with Gasteiger partial charge in [-0.2, -0.15) is 0 Å². The van der Waals surface area contributed by atoms with Crippen molar-refractivity contribution in [1.82, 2.24) is 4.90 Å². The number of aliphatic carboxylic acids is 1. The standard InChI is InChI=1S/C18H19N3O5S/c1-21-11-13-10-14(5-8-16(13)19-18(21)24)20-27(25,26)15-6-2-12(3-7-15)4-9-17(22)23/h2-3,5-8,10,20H,4,9,11H2,1H3,(H,19,24)(H,22,23). The first-order valence-corrected chi connectivity index (χ1v) is 9.71. The predicted octanol–water partition coefficient (Wildman–Crippen LogP) is 2.48. The molecule has 1 aliphatic heterocycles. The number of rotatable bonds is 6. The monoisotopic (exact) mass is 389 g/mol. The number of anilines is 2. The summed E-state index contributed by atoms with van der Waals surface area (Å²) in [6.45, 7) is 0.384. The Bertz CT molecular complexity index is 987. The third-order valence-corrected chi connectivity index (χ3v) is 5.61. The maximum absolute atomic E-state index is 12.6. The van der Waals surface area contributed by atoms with E-state index in [2.05, 4.69) is 10.0 Å². The van der Waals surface area contributed by atoms with Crippen molar-refractivity contribution in [1.29, 1.82) is 0 Å². The lowest BCUT2D eigenvalue weighted by molar-refractivity contribution is -0.136. The number of fused-ring (bicyclic) bond motifs is 1. The van der Waals surface area contributed by atoms with Crippen molar-refractivity contribution in [2.75, 3.05) is 17.1 Å². The zero-order chi connectivity index (χ0) is 19.6. The number of carboxylic acid groups (broad SMARTS) is 1. The Labute approximate surface area is 156 Å². The van der Waals surface area contributed by atoms with Crippen LogP contribution in [0, 0.1) is 0 Å². The molecule has 0 fully saturated rings. The number of carbonyl (C=O) groups excluding carboxylic acids is 1. The summed E-state index contributed by atoms with van der Waals surface area (Å²) in [6, 6.07) is 10.8. The molecule has 0 atom stereocenters. The van der Waals surface area contributed by atoms with Crippen molar-refractivity contribution in [3.8, 4) is 0 Å². The first-order valence-electron chi connectivity index (χ1n) is 8.23. The van der Waals surface area contributed by atoms with E-state index >= 15 is 0 Å². The van der Waals surface area contributed by atoms with E-state index in [4.69, 9.17) is 5.11 Å². The Hall–Kier alpha value is -3.07. The largest absolute Gasteiger partial charge is 0.481 e. The third-order valence-electron chi connectivity index (χ3n) is 4.21. The van der Waals surface area contributed by atoms with Gasteiger partial charge in [0, 0.05) is 31.4 Å². The van der Waals surface area contributed by atoms with Crippen LogP contribution in [0.4, 0.5) is 16.2 Å². The van der Waals surface area contributed by atoms with Gasteiger partial charge in [0.05, 0.1) is 4.90 Å². The zero-order valence-corrected chi connectivity index (χ0v) is 15.4. The average molecular weight is 389 g/mol. The number of nitrogens with one attached hydrogen (secondary N) is 2. The van der Waals surface area contributed by atoms with Crippen molar-refractivity contribution >= 4 is 33.4 Å². The van der Waals surface area contributed by atoms with Crippen LogP contribution in [0.3, 0.4) is 0 Å². The Morgan fingerprint density at radius 2 is 1.93 bits per heavy atom. The molecule has 0 unspecified atom stereocenters. The molecule has 0 spiro atoms. The fraction of sp³-hybridized carbons (Fsp3) is 0.222. The van der Waals surface area contributed by atoms with E-state index in [9.17, 15) is 18.0 Å². The number of urea groups is 1. The van der Waals surface area contributed by atoms with E-state index in [0.717, 1.165) is 11.1 Å².